The second kappa shape index (κ2) is 13.1. The third-order valence-electron chi connectivity index (χ3n) is 1.73. The van der Waals surface area contributed by atoms with Crippen molar-refractivity contribution in [3.05, 3.63) is 0 Å². The van der Waals surface area contributed by atoms with Gasteiger partial charge in [0.2, 0.25) is 0 Å². The van der Waals surface area contributed by atoms with E-state index in [0.29, 0.717) is 6.10 Å². The monoisotopic (exact) mass is 171 g/mol. The van der Waals surface area contributed by atoms with Crippen molar-refractivity contribution in [1.82, 2.24) is 0 Å². The molecule has 0 spiro atoms. The molecule has 2 nitrogen and oxygen atoms in total. The summed E-state index contributed by atoms with van der Waals surface area (Å²) in [6, 6.07) is 0. The Hall–Kier alpha value is -0.520. The minimum absolute atomic E-state index is 0.587. The summed E-state index contributed by atoms with van der Waals surface area (Å²) >= 11 is 0. The first-order chi connectivity index (χ1) is 5.93. The van der Waals surface area contributed by atoms with E-state index in [2.05, 4.69) is 25.5 Å². The topological polar surface area (TPSA) is 35.2 Å². The smallest absolute Gasteiger partial charge is 0.0572 e. The van der Waals surface area contributed by atoms with Crippen LogP contribution in [-0.4, -0.2) is 19.8 Å². The summed E-state index contributed by atoms with van der Waals surface area (Å²) in [5.74, 6) is 0. The molecule has 1 aliphatic heterocycles. The van der Waals surface area contributed by atoms with Gasteiger partial charge in [0.25, 0.3) is 0 Å². The van der Waals surface area contributed by atoms with E-state index < -0.39 is 0 Å². The summed E-state index contributed by atoms with van der Waals surface area (Å²) < 4.78 is 5.43. The number of terminal acetylenes is 1. The Kier molecular flexibility index (Phi) is 15.3. The molecule has 0 aromatic rings. The van der Waals surface area contributed by atoms with Crippen LogP contribution in [0.3, 0.4) is 0 Å². The molecule has 0 saturated carbocycles. The molecule has 1 aliphatic rings. The van der Waals surface area contributed by atoms with Gasteiger partial charge >= 0.3 is 0 Å². The first-order valence-electron chi connectivity index (χ1n) is 4.46. The van der Waals surface area contributed by atoms with Gasteiger partial charge < -0.3 is 10.5 Å². The predicted octanol–water partition coefficient (Wildman–Crippen LogP) is 1.79. The van der Waals surface area contributed by atoms with Crippen LogP contribution in [0.1, 0.15) is 32.6 Å². The Bertz CT molecular complexity index is 85.1. The Morgan fingerprint density at radius 1 is 1.33 bits per heavy atom. The number of hydrogen-bond acceptors (Lipinski definition) is 2. The molecule has 0 aliphatic carbocycles. The van der Waals surface area contributed by atoms with E-state index >= 15 is 0 Å². The fourth-order valence-corrected chi connectivity index (χ4v) is 1.13. The molecule has 2 heteroatoms. The molecule has 1 saturated heterocycles. The molecular formula is C10H21NO. The number of nitrogens with two attached hydrogens (primary N) is 1. The second-order valence-corrected chi connectivity index (χ2v) is 2.40. The zero-order chi connectivity index (χ0) is 9.82. The maximum atomic E-state index is 5.43. The quantitative estimate of drug-likeness (QED) is 0.610. The Morgan fingerprint density at radius 2 is 1.92 bits per heavy atom. The van der Waals surface area contributed by atoms with Crippen molar-refractivity contribution in [3.8, 4) is 12.8 Å². The summed E-state index contributed by atoms with van der Waals surface area (Å²) in [4.78, 5) is 0. The molecular weight excluding hydrogens is 150 g/mol. The molecule has 0 aromatic carbocycles. The lowest BCUT2D eigenvalue weighted by Gasteiger charge is -2.20. The van der Waals surface area contributed by atoms with Crippen molar-refractivity contribution in [1.29, 1.82) is 0 Å². The van der Waals surface area contributed by atoms with Gasteiger partial charge in [-0.1, -0.05) is 6.92 Å². The van der Waals surface area contributed by atoms with Crippen LogP contribution in [0.15, 0.2) is 0 Å². The number of ether oxygens (including phenoxy) is 1. The molecule has 0 aromatic heterocycles. The normalized spacial score (nSPS) is 20.9. The largest absolute Gasteiger partial charge is 0.378 e. The Labute approximate surface area is 76.5 Å². The highest BCUT2D eigenvalue weighted by Crippen LogP contribution is 2.14. The van der Waals surface area contributed by atoms with Gasteiger partial charge in [0, 0.05) is 6.61 Å². The van der Waals surface area contributed by atoms with Gasteiger partial charge in [-0.2, -0.15) is 0 Å². The molecule has 1 fully saturated rings. The standard InChI is InChI=1S/C7H14O.C2H2.CH5N/c1-2-7-5-3-4-6-8-7;2*1-2/h7H,2-6H2,1H3;1-2H;2H2,1H3. The molecule has 0 bridgehead atoms. The third-order valence-corrected chi connectivity index (χ3v) is 1.73. The lowest BCUT2D eigenvalue weighted by atomic mass is 10.1. The van der Waals surface area contributed by atoms with E-state index in [4.69, 9.17) is 4.74 Å². The van der Waals surface area contributed by atoms with E-state index in [9.17, 15) is 0 Å². The second-order valence-electron chi connectivity index (χ2n) is 2.40. The fraction of sp³-hybridized carbons (Fsp3) is 0.800. The predicted molar refractivity (Wildman–Crippen MR) is 53.9 cm³/mol. The van der Waals surface area contributed by atoms with Crippen molar-refractivity contribution in [3.63, 3.8) is 0 Å². The van der Waals surface area contributed by atoms with Gasteiger partial charge in [0.1, 0.15) is 0 Å². The summed E-state index contributed by atoms with van der Waals surface area (Å²) in [5, 5.41) is 0. The van der Waals surface area contributed by atoms with Gasteiger partial charge in [-0.3, -0.25) is 0 Å². The van der Waals surface area contributed by atoms with Gasteiger partial charge in [-0.05, 0) is 32.7 Å². The van der Waals surface area contributed by atoms with E-state index in [1.807, 2.05) is 0 Å². The first-order valence-corrected chi connectivity index (χ1v) is 4.46. The van der Waals surface area contributed by atoms with Crippen LogP contribution in [0.5, 0.6) is 0 Å². The molecule has 72 valence electrons. The van der Waals surface area contributed by atoms with E-state index in [1.54, 1.807) is 0 Å². The highest BCUT2D eigenvalue weighted by Gasteiger charge is 2.09. The molecule has 0 amide bonds. The minimum Gasteiger partial charge on any atom is -0.378 e. The summed E-state index contributed by atoms with van der Waals surface area (Å²) in [6.45, 7) is 3.19. The maximum Gasteiger partial charge on any atom is 0.0572 e. The zero-order valence-corrected chi connectivity index (χ0v) is 8.25. The lowest BCUT2D eigenvalue weighted by Crippen LogP contribution is -2.17. The van der Waals surface area contributed by atoms with Crippen LogP contribution < -0.4 is 5.73 Å². The van der Waals surface area contributed by atoms with Crippen LogP contribution in [0.2, 0.25) is 0 Å². The van der Waals surface area contributed by atoms with Crippen molar-refractivity contribution in [2.24, 2.45) is 5.73 Å². The first kappa shape index (κ1) is 14.0. The lowest BCUT2D eigenvalue weighted by molar-refractivity contribution is 0.0143. The van der Waals surface area contributed by atoms with Gasteiger partial charge in [-0.15, -0.1) is 12.8 Å². The zero-order valence-electron chi connectivity index (χ0n) is 8.25. The summed E-state index contributed by atoms with van der Waals surface area (Å²) in [7, 11) is 1.50. The summed E-state index contributed by atoms with van der Waals surface area (Å²) in [6.07, 6.45) is 13.7. The fourth-order valence-electron chi connectivity index (χ4n) is 1.13. The SMILES string of the molecule is C#C.CCC1CCCCO1.CN. The van der Waals surface area contributed by atoms with Crippen LogP contribution in [-0.2, 0) is 4.74 Å². The highest BCUT2D eigenvalue weighted by atomic mass is 16.5. The molecule has 0 radical (unpaired) electrons. The minimum atomic E-state index is 0.587. The highest BCUT2D eigenvalue weighted by molar-refractivity contribution is 4.60. The molecule has 1 heterocycles. The number of rotatable bonds is 1. The molecule has 1 rings (SSSR count). The maximum absolute atomic E-state index is 5.43. The van der Waals surface area contributed by atoms with Crippen LogP contribution in [0.25, 0.3) is 0 Å². The van der Waals surface area contributed by atoms with Crippen LogP contribution in [0.4, 0.5) is 0 Å². The average molecular weight is 171 g/mol. The number of hydrogen-bond donors (Lipinski definition) is 1. The molecule has 1 atom stereocenters. The Balaban J connectivity index is 0. The Morgan fingerprint density at radius 3 is 2.17 bits per heavy atom. The van der Waals surface area contributed by atoms with Crippen molar-refractivity contribution >= 4 is 0 Å². The average Bonchev–Trinajstić information content (AvgIpc) is 2.25. The summed E-state index contributed by atoms with van der Waals surface area (Å²) in [5.41, 5.74) is 4.50. The molecule has 2 N–H and O–H groups in total. The van der Waals surface area contributed by atoms with Gasteiger partial charge in [0.05, 0.1) is 6.10 Å². The van der Waals surface area contributed by atoms with Crippen LogP contribution in [0, 0.1) is 12.8 Å². The van der Waals surface area contributed by atoms with E-state index in [-0.39, 0.29) is 0 Å². The van der Waals surface area contributed by atoms with Crippen LogP contribution >= 0.6 is 0 Å². The molecule has 12 heavy (non-hydrogen) atoms. The van der Waals surface area contributed by atoms with Crippen molar-refractivity contribution in [2.75, 3.05) is 13.7 Å². The third kappa shape index (κ3) is 7.59. The van der Waals surface area contributed by atoms with Crippen molar-refractivity contribution in [2.45, 2.75) is 38.7 Å². The van der Waals surface area contributed by atoms with Crippen molar-refractivity contribution < 1.29 is 4.74 Å². The van der Waals surface area contributed by atoms with E-state index in [1.165, 1.54) is 32.7 Å². The molecule has 1 unspecified atom stereocenters. The van der Waals surface area contributed by atoms with Gasteiger partial charge in [-0.25, -0.2) is 0 Å². The van der Waals surface area contributed by atoms with Gasteiger partial charge in [0.15, 0.2) is 0 Å². The van der Waals surface area contributed by atoms with E-state index in [0.717, 1.165) is 6.61 Å².